The molecule has 0 heterocycles. The number of carbonyl (C=O) groups excluding carboxylic acids is 1. The van der Waals surface area contributed by atoms with Crippen LogP contribution >= 0.6 is 0 Å². The standard InChI is InChI=1S/C9H18O2/c1-5-6-7(10)8(11)9(2,3)4/h8,11H,5-6H2,1-4H3. The van der Waals surface area contributed by atoms with Crippen LogP contribution in [0.3, 0.4) is 0 Å². The highest BCUT2D eigenvalue weighted by atomic mass is 16.3. The van der Waals surface area contributed by atoms with E-state index in [0.717, 1.165) is 6.42 Å². The largest absolute Gasteiger partial charge is 0.385 e. The average Bonchev–Trinajstić information content (AvgIpc) is 1.85. The van der Waals surface area contributed by atoms with Crippen molar-refractivity contribution in [3.8, 4) is 0 Å². The summed E-state index contributed by atoms with van der Waals surface area (Å²) in [5, 5.41) is 9.44. The number of ketones is 1. The topological polar surface area (TPSA) is 37.3 Å². The number of hydrogen-bond acceptors (Lipinski definition) is 2. The predicted molar refractivity (Wildman–Crippen MR) is 45.4 cm³/mol. The van der Waals surface area contributed by atoms with Crippen molar-refractivity contribution in [2.24, 2.45) is 5.41 Å². The number of aliphatic hydroxyl groups excluding tert-OH is 1. The van der Waals surface area contributed by atoms with Crippen LogP contribution in [0.5, 0.6) is 0 Å². The summed E-state index contributed by atoms with van der Waals surface area (Å²) in [5.41, 5.74) is -0.313. The second kappa shape index (κ2) is 3.86. The lowest BCUT2D eigenvalue weighted by Gasteiger charge is -2.24. The number of rotatable bonds is 3. The first-order valence-corrected chi connectivity index (χ1v) is 4.10. The smallest absolute Gasteiger partial charge is 0.161 e. The van der Waals surface area contributed by atoms with Gasteiger partial charge in [0.1, 0.15) is 6.10 Å². The lowest BCUT2D eigenvalue weighted by Crippen LogP contribution is -2.33. The van der Waals surface area contributed by atoms with Crippen molar-refractivity contribution in [2.45, 2.75) is 46.6 Å². The third-order valence-electron chi connectivity index (χ3n) is 1.62. The monoisotopic (exact) mass is 158 g/mol. The zero-order chi connectivity index (χ0) is 9.07. The van der Waals surface area contributed by atoms with Gasteiger partial charge in [-0.25, -0.2) is 0 Å². The van der Waals surface area contributed by atoms with Crippen molar-refractivity contribution in [1.82, 2.24) is 0 Å². The number of aliphatic hydroxyl groups is 1. The summed E-state index contributed by atoms with van der Waals surface area (Å²) in [7, 11) is 0. The van der Waals surface area contributed by atoms with E-state index in [1.165, 1.54) is 0 Å². The van der Waals surface area contributed by atoms with Gasteiger partial charge in [-0.15, -0.1) is 0 Å². The molecule has 2 heteroatoms. The highest BCUT2D eigenvalue weighted by molar-refractivity contribution is 5.83. The van der Waals surface area contributed by atoms with Crippen LogP contribution in [0, 0.1) is 5.41 Å². The minimum Gasteiger partial charge on any atom is -0.385 e. The molecule has 0 aromatic rings. The minimum atomic E-state index is -0.803. The first-order chi connectivity index (χ1) is 4.89. The molecule has 0 aliphatic carbocycles. The maximum Gasteiger partial charge on any atom is 0.161 e. The van der Waals surface area contributed by atoms with Crippen molar-refractivity contribution in [3.05, 3.63) is 0 Å². The number of carbonyl (C=O) groups is 1. The van der Waals surface area contributed by atoms with Gasteiger partial charge in [-0.2, -0.15) is 0 Å². The van der Waals surface area contributed by atoms with Crippen LogP contribution in [-0.4, -0.2) is 17.0 Å². The van der Waals surface area contributed by atoms with E-state index >= 15 is 0 Å². The van der Waals surface area contributed by atoms with E-state index in [1.807, 2.05) is 27.7 Å². The molecule has 0 saturated heterocycles. The van der Waals surface area contributed by atoms with Crippen molar-refractivity contribution < 1.29 is 9.90 Å². The molecule has 0 aromatic carbocycles. The van der Waals surface area contributed by atoms with Crippen LogP contribution < -0.4 is 0 Å². The third-order valence-corrected chi connectivity index (χ3v) is 1.62. The molecular formula is C9H18O2. The summed E-state index contributed by atoms with van der Waals surface area (Å²) in [6.45, 7) is 7.54. The Morgan fingerprint density at radius 2 is 1.91 bits per heavy atom. The van der Waals surface area contributed by atoms with Gasteiger partial charge < -0.3 is 5.11 Å². The normalized spacial score (nSPS) is 14.6. The van der Waals surface area contributed by atoms with Crippen molar-refractivity contribution in [3.63, 3.8) is 0 Å². The molecule has 0 fully saturated rings. The van der Waals surface area contributed by atoms with Gasteiger partial charge in [0.2, 0.25) is 0 Å². The molecule has 1 N–H and O–H groups in total. The number of hydrogen-bond donors (Lipinski definition) is 1. The summed E-state index contributed by atoms with van der Waals surface area (Å²) >= 11 is 0. The zero-order valence-corrected chi connectivity index (χ0v) is 7.85. The van der Waals surface area contributed by atoms with Gasteiger partial charge in [-0.1, -0.05) is 27.7 Å². The molecule has 2 nitrogen and oxygen atoms in total. The Bertz CT molecular complexity index is 133. The molecule has 66 valence electrons. The Morgan fingerprint density at radius 3 is 2.18 bits per heavy atom. The Balaban J connectivity index is 4.03. The van der Waals surface area contributed by atoms with E-state index in [9.17, 15) is 9.90 Å². The van der Waals surface area contributed by atoms with E-state index in [4.69, 9.17) is 0 Å². The molecule has 0 amide bonds. The summed E-state index contributed by atoms with van der Waals surface area (Å²) in [5.74, 6) is -0.0417. The Morgan fingerprint density at radius 1 is 1.45 bits per heavy atom. The van der Waals surface area contributed by atoms with E-state index in [-0.39, 0.29) is 11.2 Å². The second-order valence-electron chi connectivity index (χ2n) is 3.98. The Labute approximate surface area is 68.6 Å². The van der Waals surface area contributed by atoms with Gasteiger partial charge in [0, 0.05) is 6.42 Å². The first kappa shape index (κ1) is 10.6. The summed E-state index contributed by atoms with van der Waals surface area (Å²) < 4.78 is 0. The van der Waals surface area contributed by atoms with Crippen molar-refractivity contribution in [2.75, 3.05) is 0 Å². The molecule has 0 bridgehead atoms. The summed E-state index contributed by atoms with van der Waals surface area (Å²) in [6, 6.07) is 0. The third kappa shape index (κ3) is 3.51. The summed E-state index contributed by atoms with van der Waals surface area (Å²) in [6.07, 6.45) is 0.493. The Kier molecular flexibility index (Phi) is 3.73. The van der Waals surface area contributed by atoms with Gasteiger partial charge in [0.15, 0.2) is 5.78 Å². The molecule has 1 unspecified atom stereocenters. The molecule has 0 aliphatic rings. The highest BCUT2D eigenvalue weighted by Crippen LogP contribution is 2.20. The SMILES string of the molecule is CCCC(=O)C(O)C(C)(C)C. The summed E-state index contributed by atoms with van der Waals surface area (Å²) in [4.78, 5) is 11.1. The van der Waals surface area contributed by atoms with Crippen LogP contribution in [0.15, 0.2) is 0 Å². The van der Waals surface area contributed by atoms with Crippen LogP contribution in [0.2, 0.25) is 0 Å². The fourth-order valence-corrected chi connectivity index (χ4v) is 0.866. The minimum absolute atomic E-state index is 0.0417. The van der Waals surface area contributed by atoms with Gasteiger partial charge >= 0.3 is 0 Å². The van der Waals surface area contributed by atoms with Crippen molar-refractivity contribution >= 4 is 5.78 Å². The highest BCUT2D eigenvalue weighted by Gasteiger charge is 2.27. The molecule has 0 aromatic heterocycles. The average molecular weight is 158 g/mol. The quantitative estimate of drug-likeness (QED) is 0.679. The van der Waals surface area contributed by atoms with E-state index in [2.05, 4.69) is 0 Å². The first-order valence-electron chi connectivity index (χ1n) is 4.10. The molecule has 0 spiro atoms. The van der Waals surface area contributed by atoms with Crippen LogP contribution in [0.4, 0.5) is 0 Å². The zero-order valence-electron chi connectivity index (χ0n) is 7.85. The molecule has 1 atom stereocenters. The van der Waals surface area contributed by atoms with Crippen LogP contribution in [0.1, 0.15) is 40.5 Å². The van der Waals surface area contributed by atoms with E-state index in [1.54, 1.807) is 0 Å². The van der Waals surface area contributed by atoms with Gasteiger partial charge in [-0.05, 0) is 11.8 Å². The molecule has 0 rings (SSSR count). The number of Topliss-reactive ketones (excluding diaryl/α,β-unsaturated/α-hetero) is 1. The van der Waals surface area contributed by atoms with E-state index < -0.39 is 6.10 Å². The van der Waals surface area contributed by atoms with Crippen molar-refractivity contribution in [1.29, 1.82) is 0 Å². The lowest BCUT2D eigenvalue weighted by molar-refractivity contribution is -0.132. The van der Waals surface area contributed by atoms with Crippen LogP contribution in [0.25, 0.3) is 0 Å². The van der Waals surface area contributed by atoms with Gasteiger partial charge in [0.25, 0.3) is 0 Å². The predicted octanol–water partition coefficient (Wildman–Crippen LogP) is 1.76. The molecule has 0 radical (unpaired) electrons. The fraction of sp³-hybridized carbons (Fsp3) is 0.889. The van der Waals surface area contributed by atoms with Gasteiger partial charge in [-0.3, -0.25) is 4.79 Å². The Hall–Kier alpha value is -0.370. The maximum atomic E-state index is 11.1. The second-order valence-corrected chi connectivity index (χ2v) is 3.98. The molecule has 11 heavy (non-hydrogen) atoms. The molecule has 0 saturated carbocycles. The maximum absolute atomic E-state index is 11.1. The van der Waals surface area contributed by atoms with Crippen LogP contribution in [-0.2, 0) is 4.79 Å². The molecule has 0 aliphatic heterocycles. The van der Waals surface area contributed by atoms with Gasteiger partial charge in [0.05, 0.1) is 0 Å². The molecular weight excluding hydrogens is 140 g/mol. The lowest BCUT2D eigenvalue weighted by atomic mass is 9.85. The fourth-order valence-electron chi connectivity index (χ4n) is 0.866. The van der Waals surface area contributed by atoms with E-state index in [0.29, 0.717) is 6.42 Å².